The molecule has 13 rings (SSSR count). The number of nitrogens with zero attached hydrogens (tertiary/aromatic N) is 5. The predicted octanol–water partition coefficient (Wildman–Crippen LogP) is 10.1. The fourth-order valence-electron chi connectivity index (χ4n) is 12.1. The zero-order chi connectivity index (χ0) is 57.0. The second-order valence-corrected chi connectivity index (χ2v) is 21.6. The molecule has 7 aliphatic heterocycles. The number of methoxy groups -OCH3 is 2. The molecule has 7 aliphatic rings. The first-order valence-electron chi connectivity index (χ1n) is 26.1. The van der Waals surface area contributed by atoms with Gasteiger partial charge in [0.1, 0.15) is 17.2 Å². The molecule has 0 spiro atoms. The van der Waals surface area contributed by atoms with Gasteiger partial charge in [-0.1, -0.05) is 30.7 Å². The van der Waals surface area contributed by atoms with Gasteiger partial charge in [-0.2, -0.15) is 34.8 Å². The van der Waals surface area contributed by atoms with Crippen LogP contribution >= 0.6 is 0 Å². The van der Waals surface area contributed by atoms with Gasteiger partial charge in [0.15, 0.2) is 0 Å². The van der Waals surface area contributed by atoms with Gasteiger partial charge in [0.25, 0.3) is 0 Å². The van der Waals surface area contributed by atoms with Gasteiger partial charge in [-0.3, -0.25) is 28.9 Å². The Morgan fingerprint density at radius 3 is 1.58 bits per heavy atom. The molecule has 6 N–H and O–H groups in total. The van der Waals surface area contributed by atoms with E-state index in [0.717, 1.165) is 102 Å². The van der Waals surface area contributed by atoms with Crippen LogP contribution in [0.3, 0.4) is 0 Å². The standard InChI is InChI=1S/2C20H24N2O2.C17H16F6N2O.H2O4S/c2*1-3-13-12-22-9-7-14(13)10-19(22)20(23)16-6-8-21-18-5-4-15(24-2)11-17(16)18;18-16(19,20)11-5-3-4-9-10(15(26)12-6-1-2-7-24-12)8-13(17(21,22)23)25-14(9)11;1-5(2,3)4/h2*3-6,8,11,13-14,19-20,23H,1,7,9-10,12H2,2H3;3-5,8,12,15,24,26H,1-2,6-7H2;(H2,1,2,3,4)/t2*13-,14-,19-,20+;12-,15+;/m001./s1. The molecule has 2 unspecified atom stereocenters. The number of alkyl halides is 6. The third-order valence-electron chi connectivity index (χ3n) is 16.2. The minimum atomic E-state index is -4.93. The monoisotopic (exact) mass is 1120 g/mol. The molecule has 4 bridgehead atoms. The summed E-state index contributed by atoms with van der Waals surface area (Å²) in [4.78, 5) is 16.9. The fourth-order valence-corrected chi connectivity index (χ4v) is 12.1. The Bertz CT molecular complexity index is 3080. The first-order chi connectivity index (χ1) is 37.5. The van der Waals surface area contributed by atoms with Gasteiger partial charge in [0.05, 0.1) is 54.6 Å². The normalized spacial score (nSPS) is 25.8. The first-order valence-corrected chi connectivity index (χ1v) is 27.5. The molecule has 79 heavy (non-hydrogen) atoms. The number of aliphatic hydroxyl groups excluding tert-OH is 3. The van der Waals surface area contributed by atoms with Crippen molar-refractivity contribution in [1.82, 2.24) is 30.1 Å². The average Bonchev–Trinajstić information content (AvgIpc) is 3.60. The Labute approximate surface area is 454 Å². The van der Waals surface area contributed by atoms with Crippen LogP contribution in [0.5, 0.6) is 11.5 Å². The highest BCUT2D eigenvalue weighted by atomic mass is 32.3. The van der Waals surface area contributed by atoms with Crippen molar-refractivity contribution >= 4 is 43.1 Å². The van der Waals surface area contributed by atoms with Crippen molar-refractivity contribution in [2.45, 2.75) is 93.7 Å². The second-order valence-electron chi connectivity index (χ2n) is 20.7. The lowest BCUT2D eigenvalue weighted by molar-refractivity contribution is -0.142. The number of aliphatic hydroxyl groups is 3. The number of aromatic nitrogens is 3. The lowest BCUT2D eigenvalue weighted by Crippen LogP contribution is -2.54. The molecule has 6 aromatic rings. The van der Waals surface area contributed by atoms with E-state index in [1.807, 2.05) is 48.5 Å². The van der Waals surface area contributed by atoms with E-state index in [0.29, 0.717) is 48.8 Å². The zero-order valence-corrected chi connectivity index (χ0v) is 44.5. The molecule has 0 amide bonds. The summed E-state index contributed by atoms with van der Waals surface area (Å²) in [6.45, 7) is 12.7. The number of fused-ring (bicyclic) bond motifs is 9. The Morgan fingerprint density at radius 2 is 1.18 bits per heavy atom. The molecule has 3 aromatic carbocycles. The number of ether oxygens (including phenoxy) is 2. The first kappa shape index (κ1) is 59.3. The Balaban J connectivity index is 0.000000149. The summed E-state index contributed by atoms with van der Waals surface area (Å²) in [5.74, 6) is 4.01. The Kier molecular flexibility index (Phi) is 18.7. The van der Waals surface area contributed by atoms with Crippen LogP contribution in [0, 0.1) is 23.7 Å². The summed E-state index contributed by atoms with van der Waals surface area (Å²) in [5, 5.41) is 37.7. The van der Waals surface area contributed by atoms with Crippen molar-refractivity contribution in [2.75, 3.05) is 46.9 Å². The maximum absolute atomic E-state index is 13.2. The minimum Gasteiger partial charge on any atom is -0.497 e. The molecule has 3 aromatic heterocycles. The molecular weight excluding hydrogens is 1060 g/mol. The van der Waals surface area contributed by atoms with Gasteiger partial charge >= 0.3 is 22.8 Å². The summed E-state index contributed by atoms with van der Waals surface area (Å²) in [6.07, 6.45) is 2.24. The van der Waals surface area contributed by atoms with Crippen molar-refractivity contribution in [3.05, 3.63) is 138 Å². The molecule has 7 fully saturated rings. The maximum atomic E-state index is 13.2. The van der Waals surface area contributed by atoms with Crippen LogP contribution in [0.2, 0.25) is 0 Å². The summed E-state index contributed by atoms with van der Waals surface area (Å²) >= 11 is 0. The van der Waals surface area contributed by atoms with Gasteiger partial charge in [-0.05, 0) is 159 Å². The van der Waals surface area contributed by atoms with E-state index in [9.17, 15) is 41.7 Å². The van der Waals surface area contributed by atoms with E-state index in [2.05, 4.69) is 55.4 Å². The quantitative estimate of drug-likeness (QED) is 0.0428. The van der Waals surface area contributed by atoms with Gasteiger partial charge in [-0.25, -0.2) is 4.98 Å². The zero-order valence-electron chi connectivity index (χ0n) is 43.7. The van der Waals surface area contributed by atoms with Crippen LogP contribution < -0.4 is 14.8 Å². The number of benzene rings is 3. The Hall–Kier alpha value is -5.82. The lowest BCUT2D eigenvalue weighted by Gasteiger charge is -2.50. The van der Waals surface area contributed by atoms with E-state index >= 15 is 0 Å². The largest absolute Gasteiger partial charge is 0.497 e. The summed E-state index contributed by atoms with van der Waals surface area (Å²) in [7, 11) is -1.34. The molecule has 0 aliphatic carbocycles. The van der Waals surface area contributed by atoms with Crippen molar-refractivity contribution in [3.8, 4) is 11.5 Å². The molecule has 22 heteroatoms. The molecule has 7 saturated heterocycles. The van der Waals surface area contributed by atoms with Crippen molar-refractivity contribution in [1.29, 1.82) is 0 Å². The van der Waals surface area contributed by atoms with Crippen LogP contribution in [-0.4, -0.2) is 123 Å². The Morgan fingerprint density at radius 1 is 0.671 bits per heavy atom. The molecule has 426 valence electrons. The fraction of sp³-hybridized carbons (Fsp3) is 0.456. The van der Waals surface area contributed by atoms with E-state index < -0.39 is 63.9 Å². The van der Waals surface area contributed by atoms with Crippen LogP contribution in [0.1, 0.15) is 91.2 Å². The number of hydrogen-bond acceptors (Lipinski definition) is 13. The van der Waals surface area contributed by atoms with Gasteiger partial charge in [-0.15, -0.1) is 13.2 Å². The van der Waals surface area contributed by atoms with Gasteiger partial charge < -0.3 is 30.1 Å². The molecular formula is C57H66F6N6O9S. The summed E-state index contributed by atoms with van der Waals surface area (Å²) < 4.78 is 122. The van der Waals surface area contributed by atoms with Crippen molar-refractivity contribution in [2.24, 2.45) is 23.7 Å². The number of rotatable bonds is 10. The highest BCUT2D eigenvalue weighted by Gasteiger charge is 2.44. The van der Waals surface area contributed by atoms with Crippen LogP contribution in [0.4, 0.5) is 26.3 Å². The van der Waals surface area contributed by atoms with E-state index in [4.69, 9.17) is 27.0 Å². The predicted molar refractivity (Wildman–Crippen MR) is 287 cm³/mol. The van der Waals surface area contributed by atoms with Crippen LogP contribution in [0.15, 0.2) is 111 Å². The van der Waals surface area contributed by atoms with Gasteiger partial charge in [0, 0.05) is 59.8 Å². The molecule has 10 heterocycles. The van der Waals surface area contributed by atoms with Crippen molar-refractivity contribution in [3.63, 3.8) is 0 Å². The smallest absolute Gasteiger partial charge is 0.433 e. The average molecular weight is 1130 g/mol. The minimum absolute atomic E-state index is 0.132. The number of para-hydroxylation sites is 1. The molecule has 15 nitrogen and oxygen atoms in total. The number of pyridine rings is 3. The highest BCUT2D eigenvalue weighted by molar-refractivity contribution is 7.79. The summed E-state index contributed by atoms with van der Waals surface area (Å²) in [6, 6.07) is 19.1. The van der Waals surface area contributed by atoms with E-state index in [1.165, 1.54) is 18.9 Å². The molecule has 0 saturated carbocycles. The molecule has 12 atom stereocenters. The van der Waals surface area contributed by atoms with Crippen molar-refractivity contribution < 1.29 is 68.7 Å². The number of nitrogens with one attached hydrogen (secondary N) is 1. The topological polar surface area (TPSA) is 211 Å². The maximum Gasteiger partial charge on any atom is 0.433 e. The SMILES string of the molecule is C=C[C@H]1CN2CC[C@H]1C[C@H]2[C@H](O)c1ccnc2ccc(OC)cc12.C=C[C@H]1CN2CC[C@H]1C[C@H]2[C@H](O)c1ccnc2ccc(OC)cc12.O=S(=O)(O)O.O[C@@H](c1cc(C(F)(F)F)nc2c(C(F)(F)F)cccc12)[C@H]1CCCCN1. The van der Waals surface area contributed by atoms with E-state index in [1.54, 1.807) is 26.6 Å². The number of hydrogen-bond donors (Lipinski definition) is 6. The van der Waals surface area contributed by atoms with Gasteiger partial charge in [0.2, 0.25) is 0 Å². The lowest BCUT2D eigenvalue weighted by atomic mass is 9.73. The van der Waals surface area contributed by atoms with Crippen LogP contribution in [-0.2, 0) is 22.8 Å². The third-order valence-corrected chi connectivity index (χ3v) is 16.2. The number of halogens is 6. The summed E-state index contributed by atoms with van der Waals surface area (Å²) in [5.41, 5.74) is -0.0250. The molecule has 0 radical (unpaired) electrons. The third kappa shape index (κ3) is 13.9. The number of piperidine rings is 7. The van der Waals surface area contributed by atoms with E-state index in [-0.39, 0.29) is 23.0 Å². The van der Waals surface area contributed by atoms with Crippen LogP contribution in [0.25, 0.3) is 32.7 Å². The second kappa shape index (κ2) is 24.9. The highest BCUT2D eigenvalue weighted by Crippen LogP contribution is 2.45.